The first-order valence-electron chi connectivity index (χ1n) is 10.8. The highest BCUT2D eigenvalue weighted by Gasteiger charge is 2.23. The summed E-state index contributed by atoms with van der Waals surface area (Å²) in [5, 5.41) is 8.03. The molecule has 1 fully saturated rings. The van der Waals surface area contributed by atoms with Gasteiger partial charge in [-0.2, -0.15) is 9.61 Å². The first-order chi connectivity index (χ1) is 15.7. The standard InChI is InChI=1S/C24H24Br2N6/c25-20-5-3-17(4-6-20)16-31-10-7-19(8-11-31)22-12-23(28-14-18-2-1-9-27-13-18)32-24(30-22)21(26)15-29-32/h1-6,9,12-13,15,19,28H,7-8,10-11,14,16H2. The van der Waals surface area contributed by atoms with Gasteiger partial charge in [-0.05, 0) is 71.2 Å². The molecule has 4 heterocycles. The van der Waals surface area contributed by atoms with E-state index >= 15 is 0 Å². The second-order valence-electron chi connectivity index (χ2n) is 8.19. The fourth-order valence-electron chi connectivity index (χ4n) is 4.22. The van der Waals surface area contributed by atoms with Crippen LogP contribution >= 0.6 is 31.9 Å². The molecule has 5 rings (SSSR count). The van der Waals surface area contributed by atoms with Crippen LogP contribution in [0.25, 0.3) is 5.65 Å². The van der Waals surface area contributed by atoms with Crippen molar-refractivity contribution in [2.24, 2.45) is 0 Å². The average molecular weight is 556 g/mol. The predicted molar refractivity (Wildman–Crippen MR) is 134 cm³/mol. The third-order valence-corrected chi connectivity index (χ3v) is 7.06. The Kier molecular flexibility index (Phi) is 6.52. The Morgan fingerprint density at radius 1 is 1.00 bits per heavy atom. The van der Waals surface area contributed by atoms with Gasteiger partial charge in [0.2, 0.25) is 0 Å². The summed E-state index contributed by atoms with van der Waals surface area (Å²) in [6.07, 6.45) is 7.69. The molecule has 0 bridgehead atoms. The first-order valence-corrected chi connectivity index (χ1v) is 12.4. The van der Waals surface area contributed by atoms with E-state index in [0.29, 0.717) is 12.5 Å². The normalized spacial score (nSPS) is 15.3. The van der Waals surface area contributed by atoms with Crippen molar-refractivity contribution in [2.45, 2.75) is 31.8 Å². The number of rotatable bonds is 6. The third kappa shape index (κ3) is 4.87. The van der Waals surface area contributed by atoms with Crippen LogP contribution in [-0.2, 0) is 13.1 Å². The van der Waals surface area contributed by atoms with E-state index in [1.165, 1.54) is 5.56 Å². The maximum atomic E-state index is 4.97. The van der Waals surface area contributed by atoms with Gasteiger partial charge in [0, 0.05) is 47.6 Å². The monoisotopic (exact) mass is 554 g/mol. The Morgan fingerprint density at radius 3 is 2.56 bits per heavy atom. The van der Waals surface area contributed by atoms with Crippen LogP contribution in [0.4, 0.5) is 5.82 Å². The number of piperidine rings is 1. The minimum absolute atomic E-state index is 0.446. The topological polar surface area (TPSA) is 58.4 Å². The molecule has 0 unspecified atom stereocenters. The molecule has 8 heteroatoms. The number of aromatic nitrogens is 4. The molecule has 0 amide bonds. The number of benzene rings is 1. The van der Waals surface area contributed by atoms with Gasteiger partial charge in [0.15, 0.2) is 5.65 Å². The van der Waals surface area contributed by atoms with Crippen molar-refractivity contribution < 1.29 is 0 Å². The lowest BCUT2D eigenvalue weighted by Gasteiger charge is -2.32. The van der Waals surface area contributed by atoms with E-state index in [4.69, 9.17) is 4.98 Å². The van der Waals surface area contributed by atoms with Crippen LogP contribution in [0.1, 0.15) is 35.6 Å². The summed E-state index contributed by atoms with van der Waals surface area (Å²) >= 11 is 7.13. The van der Waals surface area contributed by atoms with Gasteiger partial charge in [-0.1, -0.05) is 34.1 Å². The Bertz CT molecular complexity index is 1180. The number of nitrogens with one attached hydrogen (secondary N) is 1. The fraction of sp³-hybridized carbons (Fsp3) is 0.292. The zero-order valence-electron chi connectivity index (χ0n) is 17.6. The highest BCUT2D eigenvalue weighted by Crippen LogP contribution is 2.31. The van der Waals surface area contributed by atoms with Gasteiger partial charge in [-0.15, -0.1) is 0 Å². The van der Waals surface area contributed by atoms with E-state index in [2.05, 4.69) is 88.6 Å². The highest BCUT2D eigenvalue weighted by molar-refractivity contribution is 9.10. The first kappa shape index (κ1) is 21.6. The molecule has 32 heavy (non-hydrogen) atoms. The van der Waals surface area contributed by atoms with Gasteiger partial charge in [-0.25, -0.2) is 4.98 Å². The van der Waals surface area contributed by atoms with Crippen molar-refractivity contribution in [2.75, 3.05) is 18.4 Å². The number of halogens is 2. The zero-order chi connectivity index (χ0) is 21.9. The van der Waals surface area contributed by atoms with Gasteiger partial charge >= 0.3 is 0 Å². The Balaban J connectivity index is 1.30. The summed E-state index contributed by atoms with van der Waals surface area (Å²) in [5.41, 5.74) is 4.48. The molecule has 0 saturated carbocycles. The lowest BCUT2D eigenvalue weighted by Crippen LogP contribution is -2.32. The summed E-state index contributed by atoms with van der Waals surface area (Å²) in [6.45, 7) is 3.84. The molecule has 1 saturated heterocycles. The molecule has 1 aliphatic rings. The van der Waals surface area contributed by atoms with E-state index in [0.717, 1.165) is 64.1 Å². The number of fused-ring (bicyclic) bond motifs is 1. The zero-order valence-corrected chi connectivity index (χ0v) is 20.8. The van der Waals surface area contributed by atoms with Crippen molar-refractivity contribution in [3.05, 3.63) is 86.8 Å². The molecule has 4 aromatic rings. The molecule has 164 valence electrons. The molecule has 1 aliphatic heterocycles. The summed E-state index contributed by atoms with van der Waals surface area (Å²) in [4.78, 5) is 11.7. The van der Waals surface area contributed by atoms with Gasteiger partial charge in [0.25, 0.3) is 0 Å². The molecule has 0 spiro atoms. The van der Waals surface area contributed by atoms with Gasteiger partial charge in [0.1, 0.15) is 5.82 Å². The fourth-order valence-corrected chi connectivity index (χ4v) is 4.83. The van der Waals surface area contributed by atoms with Crippen molar-refractivity contribution in [3.8, 4) is 0 Å². The van der Waals surface area contributed by atoms with Gasteiger partial charge < -0.3 is 5.32 Å². The van der Waals surface area contributed by atoms with Gasteiger partial charge in [-0.3, -0.25) is 9.88 Å². The average Bonchev–Trinajstić information content (AvgIpc) is 3.21. The molecule has 0 atom stereocenters. The lowest BCUT2D eigenvalue weighted by molar-refractivity contribution is 0.203. The quantitative estimate of drug-likeness (QED) is 0.333. The van der Waals surface area contributed by atoms with E-state index < -0.39 is 0 Å². The summed E-state index contributed by atoms with van der Waals surface area (Å²) in [6, 6.07) is 14.8. The number of nitrogens with zero attached hydrogens (tertiary/aromatic N) is 5. The third-order valence-electron chi connectivity index (χ3n) is 5.97. The van der Waals surface area contributed by atoms with Crippen LogP contribution in [0.5, 0.6) is 0 Å². The molecular weight excluding hydrogens is 532 g/mol. The summed E-state index contributed by atoms with van der Waals surface area (Å²) < 4.78 is 3.91. The molecule has 1 aromatic carbocycles. The lowest BCUT2D eigenvalue weighted by atomic mass is 9.93. The van der Waals surface area contributed by atoms with Crippen molar-refractivity contribution in [3.63, 3.8) is 0 Å². The minimum atomic E-state index is 0.446. The molecule has 1 N–H and O–H groups in total. The van der Waals surface area contributed by atoms with Gasteiger partial charge in [0.05, 0.1) is 10.7 Å². The largest absolute Gasteiger partial charge is 0.366 e. The van der Waals surface area contributed by atoms with Crippen molar-refractivity contribution in [1.29, 1.82) is 0 Å². The number of anilines is 1. The number of hydrogen-bond donors (Lipinski definition) is 1. The Morgan fingerprint density at radius 2 is 1.81 bits per heavy atom. The van der Waals surface area contributed by atoms with E-state index in [1.807, 2.05) is 23.0 Å². The number of pyridine rings is 1. The van der Waals surface area contributed by atoms with E-state index in [9.17, 15) is 0 Å². The smallest absolute Gasteiger partial charge is 0.171 e. The van der Waals surface area contributed by atoms with E-state index in [-0.39, 0.29) is 0 Å². The SMILES string of the molecule is Brc1ccc(CN2CCC(c3cc(NCc4cccnc4)n4ncc(Br)c4n3)CC2)cc1. The van der Waals surface area contributed by atoms with Crippen LogP contribution in [0.3, 0.4) is 0 Å². The predicted octanol–water partition coefficient (Wildman–Crippen LogP) is 5.64. The second kappa shape index (κ2) is 9.68. The second-order valence-corrected chi connectivity index (χ2v) is 9.96. The summed E-state index contributed by atoms with van der Waals surface area (Å²) in [5.74, 6) is 1.40. The maximum Gasteiger partial charge on any atom is 0.171 e. The minimum Gasteiger partial charge on any atom is -0.366 e. The molecule has 3 aromatic heterocycles. The Labute approximate surface area is 204 Å². The number of likely N-dealkylation sites (tertiary alicyclic amines) is 1. The molecule has 0 radical (unpaired) electrons. The van der Waals surface area contributed by atoms with E-state index in [1.54, 1.807) is 6.20 Å². The van der Waals surface area contributed by atoms with Crippen LogP contribution in [0.2, 0.25) is 0 Å². The van der Waals surface area contributed by atoms with Crippen molar-refractivity contribution in [1.82, 2.24) is 24.5 Å². The van der Waals surface area contributed by atoms with Crippen molar-refractivity contribution >= 4 is 43.3 Å². The molecule has 6 nitrogen and oxygen atoms in total. The molecule has 0 aliphatic carbocycles. The van der Waals surface area contributed by atoms with Crippen LogP contribution in [-0.4, -0.2) is 37.6 Å². The van der Waals surface area contributed by atoms with Crippen LogP contribution < -0.4 is 5.32 Å². The Hall–Kier alpha value is -2.29. The number of hydrogen-bond acceptors (Lipinski definition) is 5. The highest BCUT2D eigenvalue weighted by atomic mass is 79.9. The molecular formula is C24H24Br2N6. The van der Waals surface area contributed by atoms with Crippen LogP contribution in [0.15, 0.2) is 70.0 Å². The summed E-state index contributed by atoms with van der Waals surface area (Å²) in [7, 11) is 0. The maximum absolute atomic E-state index is 4.97. The van der Waals surface area contributed by atoms with Crippen LogP contribution in [0, 0.1) is 0 Å².